The average Bonchev–Trinajstić information content (AvgIpc) is 2.56. The van der Waals surface area contributed by atoms with Crippen molar-refractivity contribution >= 4 is 29.9 Å². The summed E-state index contributed by atoms with van der Waals surface area (Å²) in [6.45, 7) is 3.78. The lowest BCUT2D eigenvalue weighted by molar-refractivity contribution is -0.168. The quantitative estimate of drug-likeness (QED) is 0.246. The monoisotopic (exact) mass is 473 g/mol. The van der Waals surface area contributed by atoms with E-state index in [2.05, 4.69) is 22.5 Å². The fraction of sp³-hybridized carbons (Fsp3) is 0.650. The number of ether oxygens (including phenoxy) is 1. The predicted octanol–water partition coefficient (Wildman–Crippen LogP) is 3.46. The highest BCUT2D eigenvalue weighted by atomic mass is 127. The number of phenolic OH excluding ortho intramolecular Hbond substituents is 1. The molecule has 3 rings (SSSR count). The van der Waals surface area contributed by atoms with Gasteiger partial charge in [0, 0.05) is 31.7 Å². The van der Waals surface area contributed by atoms with Gasteiger partial charge >= 0.3 is 0 Å². The minimum atomic E-state index is 0. The molecule has 1 aromatic carbocycles. The maximum Gasteiger partial charge on any atom is 0.191 e. The second kappa shape index (κ2) is 9.78. The number of guanidine groups is 1. The molecule has 0 bridgehead atoms. The van der Waals surface area contributed by atoms with Crippen LogP contribution in [0.2, 0.25) is 0 Å². The summed E-state index contributed by atoms with van der Waals surface area (Å²) < 4.78 is 5.92. The lowest BCUT2D eigenvalue weighted by Gasteiger charge is -2.61. The lowest BCUT2D eigenvalue weighted by Crippen LogP contribution is -2.68. The number of phenols is 1. The fourth-order valence-electron chi connectivity index (χ4n) is 4.16. The number of aryl methyl sites for hydroxylation is 1. The molecule has 0 radical (unpaired) electrons. The first-order valence-corrected chi connectivity index (χ1v) is 9.54. The van der Waals surface area contributed by atoms with Crippen molar-refractivity contribution in [2.45, 2.75) is 57.6 Å². The van der Waals surface area contributed by atoms with Gasteiger partial charge in [-0.25, -0.2) is 0 Å². The van der Waals surface area contributed by atoms with Crippen molar-refractivity contribution in [3.63, 3.8) is 0 Å². The van der Waals surface area contributed by atoms with Gasteiger partial charge in [0.2, 0.25) is 0 Å². The molecule has 0 amide bonds. The van der Waals surface area contributed by atoms with Crippen LogP contribution in [0.4, 0.5) is 0 Å². The van der Waals surface area contributed by atoms with Crippen LogP contribution in [0.1, 0.15) is 44.6 Å². The zero-order valence-electron chi connectivity index (χ0n) is 15.8. The van der Waals surface area contributed by atoms with Crippen LogP contribution in [0, 0.1) is 5.41 Å². The zero-order valence-corrected chi connectivity index (χ0v) is 18.2. The maximum atomic E-state index is 9.32. The van der Waals surface area contributed by atoms with E-state index in [1.807, 2.05) is 19.2 Å². The van der Waals surface area contributed by atoms with Gasteiger partial charge in [0.15, 0.2) is 5.96 Å². The number of hydrogen-bond donors (Lipinski definition) is 3. The van der Waals surface area contributed by atoms with E-state index in [0.717, 1.165) is 38.4 Å². The second-order valence-electron chi connectivity index (χ2n) is 7.23. The summed E-state index contributed by atoms with van der Waals surface area (Å²) in [6.07, 6.45) is 7.40. The van der Waals surface area contributed by atoms with E-state index < -0.39 is 0 Å². The Bertz CT molecular complexity index is 587. The molecule has 2 atom stereocenters. The van der Waals surface area contributed by atoms with Crippen molar-refractivity contribution in [2.75, 3.05) is 20.2 Å². The molecule has 2 aliphatic carbocycles. The molecule has 3 N–H and O–H groups in total. The number of rotatable bonds is 7. The molecule has 146 valence electrons. The van der Waals surface area contributed by atoms with Crippen molar-refractivity contribution in [1.29, 1.82) is 0 Å². The van der Waals surface area contributed by atoms with Crippen molar-refractivity contribution in [1.82, 2.24) is 10.6 Å². The highest BCUT2D eigenvalue weighted by molar-refractivity contribution is 14.0. The van der Waals surface area contributed by atoms with Gasteiger partial charge in [-0.1, -0.05) is 18.6 Å². The van der Waals surface area contributed by atoms with Crippen LogP contribution in [0.3, 0.4) is 0 Å². The van der Waals surface area contributed by atoms with Gasteiger partial charge in [-0.3, -0.25) is 4.99 Å². The van der Waals surface area contributed by atoms with E-state index in [1.54, 1.807) is 12.1 Å². The van der Waals surface area contributed by atoms with E-state index in [9.17, 15) is 5.11 Å². The molecule has 5 nitrogen and oxygen atoms in total. The van der Waals surface area contributed by atoms with Crippen molar-refractivity contribution in [2.24, 2.45) is 10.4 Å². The summed E-state index contributed by atoms with van der Waals surface area (Å²) in [5.41, 5.74) is 1.59. The van der Waals surface area contributed by atoms with E-state index in [-0.39, 0.29) is 24.0 Å². The summed E-state index contributed by atoms with van der Waals surface area (Å²) in [6, 6.07) is 7.93. The first kappa shape index (κ1) is 21.3. The van der Waals surface area contributed by atoms with Crippen LogP contribution in [0.5, 0.6) is 5.75 Å². The molecule has 2 saturated carbocycles. The number of aliphatic imine (C=N–C) groups is 1. The van der Waals surface area contributed by atoms with E-state index in [0.29, 0.717) is 23.3 Å². The third-order valence-electron chi connectivity index (χ3n) is 5.84. The highest BCUT2D eigenvalue weighted by Gasteiger charge is 2.59. The topological polar surface area (TPSA) is 65.9 Å². The van der Waals surface area contributed by atoms with Crippen LogP contribution < -0.4 is 10.6 Å². The molecule has 0 aromatic heterocycles. The van der Waals surface area contributed by atoms with Crippen molar-refractivity contribution in [3.8, 4) is 5.75 Å². The van der Waals surface area contributed by atoms with E-state index in [1.165, 1.54) is 24.8 Å². The predicted molar refractivity (Wildman–Crippen MR) is 116 cm³/mol. The van der Waals surface area contributed by atoms with Crippen LogP contribution in [-0.2, 0) is 11.2 Å². The summed E-state index contributed by atoms with van der Waals surface area (Å²) >= 11 is 0. The molecule has 1 spiro atoms. The molecular weight excluding hydrogens is 441 g/mol. The molecular formula is C20H32IN3O2. The second-order valence-corrected chi connectivity index (χ2v) is 7.23. The van der Waals surface area contributed by atoms with E-state index >= 15 is 0 Å². The SMILES string of the molecule is CCOC1CC(NC(=NC)NCCCc2ccc(O)cc2)C12CCC2.I. The van der Waals surface area contributed by atoms with Gasteiger partial charge in [-0.15, -0.1) is 24.0 Å². The lowest BCUT2D eigenvalue weighted by atomic mass is 9.51. The van der Waals surface area contributed by atoms with Crippen LogP contribution in [0.15, 0.2) is 29.3 Å². The maximum absolute atomic E-state index is 9.32. The third kappa shape index (κ3) is 4.63. The van der Waals surface area contributed by atoms with Gasteiger partial charge in [-0.2, -0.15) is 0 Å². The molecule has 2 aliphatic rings. The number of halogens is 1. The number of benzene rings is 1. The van der Waals surface area contributed by atoms with Crippen LogP contribution >= 0.6 is 24.0 Å². The van der Waals surface area contributed by atoms with Gasteiger partial charge in [0.1, 0.15) is 5.75 Å². The Balaban J connectivity index is 0.00000243. The minimum absolute atomic E-state index is 0. The zero-order chi connectivity index (χ0) is 17.7. The Hall–Kier alpha value is -1.02. The third-order valence-corrected chi connectivity index (χ3v) is 5.84. The van der Waals surface area contributed by atoms with Gasteiger partial charge in [-0.05, 0) is 56.7 Å². The number of hydrogen-bond acceptors (Lipinski definition) is 3. The molecule has 6 heteroatoms. The van der Waals surface area contributed by atoms with Gasteiger partial charge in [0.05, 0.1) is 6.10 Å². The molecule has 0 aliphatic heterocycles. The Morgan fingerprint density at radius 3 is 2.62 bits per heavy atom. The summed E-state index contributed by atoms with van der Waals surface area (Å²) in [7, 11) is 1.83. The highest BCUT2D eigenvalue weighted by Crippen LogP contribution is 2.57. The number of nitrogens with zero attached hydrogens (tertiary/aromatic N) is 1. The Morgan fingerprint density at radius 1 is 1.31 bits per heavy atom. The van der Waals surface area contributed by atoms with Gasteiger partial charge in [0.25, 0.3) is 0 Å². The molecule has 0 heterocycles. The summed E-state index contributed by atoms with van der Waals surface area (Å²) in [5.74, 6) is 1.22. The van der Waals surface area contributed by atoms with Crippen LogP contribution in [0.25, 0.3) is 0 Å². The normalized spacial score (nSPS) is 23.5. The standard InChI is InChI=1S/C20H31N3O2.HI/c1-3-25-18-14-17(20(18)11-5-12-20)23-19(21-2)22-13-4-6-15-7-9-16(24)10-8-15;/h7-10,17-18,24H,3-6,11-14H2,1-2H3,(H2,21,22,23);1H. The molecule has 26 heavy (non-hydrogen) atoms. The number of aromatic hydroxyl groups is 1. The summed E-state index contributed by atoms with van der Waals surface area (Å²) in [4.78, 5) is 4.38. The first-order chi connectivity index (χ1) is 12.2. The van der Waals surface area contributed by atoms with Crippen molar-refractivity contribution in [3.05, 3.63) is 29.8 Å². The molecule has 2 unspecified atom stereocenters. The Labute approximate surface area is 174 Å². The first-order valence-electron chi connectivity index (χ1n) is 9.54. The Kier molecular flexibility index (Phi) is 8.01. The largest absolute Gasteiger partial charge is 0.508 e. The smallest absolute Gasteiger partial charge is 0.191 e. The van der Waals surface area contributed by atoms with Crippen molar-refractivity contribution < 1.29 is 9.84 Å². The molecule has 1 aromatic rings. The fourth-order valence-corrected chi connectivity index (χ4v) is 4.16. The van der Waals surface area contributed by atoms with Crippen LogP contribution in [-0.4, -0.2) is 43.4 Å². The minimum Gasteiger partial charge on any atom is -0.508 e. The number of nitrogens with one attached hydrogen (secondary N) is 2. The average molecular weight is 473 g/mol. The summed E-state index contributed by atoms with van der Waals surface area (Å²) in [5, 5.41) is 16.4. The van der Waals surface area contributed by atoms with Gasteiger partial charge < -0.3 is 20.5 Å². The molecule has 2 fully saturated rings. The Morgan fingerprint density at radius 2 is 2.04 bits per heavy atom. The molecule has 0 saturated heterocycles. The van der Waals surface area contributed by atoms with E-state index in [4.69, 9.17) is 4.74 Å².